The fourth-order valence-electron chi connectivity index (χ4n) is 3.37. The summed E-state index contributed by atoms with van der Waals surface area (Å²) in [5, 5.41) is 0.728. The average Bonchev–Trinajstić information content (AvgIpc) is 2.47. The first-order valence-electron chi connectivity index (χ1n) is 7.58. The molecule has 2 aliphatic heterocycles. The zero-order chi connectivity index (χ0) is 15.0. The van der Waals surface area contributed by atoms with E-state index in [0.717, 1.165) is 18.0 Å². The molecule has 0 spiro atoms. The second-order valence-electron chi connectivity index (χ2n) is 6.06. The van der Waals surface area contributed by atoms with E-state index in [1.165, 1.54) is 30.4 Å². The van der Waals surface area contributed by atoms with Crippen LogP contribution in [0.2, 0.25) is 0 Å². The summed E-state index contributed by atoms with van der Waals surface area (Å²) in [6.45, 7) is 4.72. The summed E-state index contributed by atoms with van der Waals surface area (Å²) < 4.78 is 1.63. The van der Waals surface area contributed by atoms with Crippen molar-refractivity contribution < 1.29 is 4.79 Å². The molecule has 3 rings (SSSR count). The van der Waals surface area contributed by atoms with Crippen molar-refractivity contribution in [3.05, 3.63) is 22.6 Å². The van der Waals surface area contributed by atoms with Crippen LogP contribution in [-0.4, -0.2) is 38.2 Å². The lowest BCUT2D eigenvalue weighted by Gasteiger charge is -2.41. The highest BCUT2D eigenvalue weighted by Crippen LogP contribution is 2.29. The molecule has 0 aromatic carbocycles. The van der Waals surface area contributed by atoms with Gasteiger partial charge in [0.05, 0.1) is 5.92 Å². The van der Waals surface area contributed by atoms with Crippen LogP contribution in [-0.2, 0) is 11.3 Å². The highest BCUT2D eigenvalue weighted by atomic mass is 32.2. The average molecular weight is 307 g/mol. The molecule has 1 amide bonds. The molecule has 114 valence electrons. The molecule has 0 N–H and O–H groups in total. The summed E-state index contributed by atoms with van der Waals surface area (Å²) in [6, 6.07) is 2.07. The van der Waals surface area contributed by atoms with Gasteiger partial charge in [0.2, 0.25) is 5.91 Å². The van der Waals surface area contributed by atoms with Crippen LogP contribution in [0.5, 0.6) is 0 Å². The molecule has 3 unspecified atom stereocenters. The Morgan fingerprint density at radius 1 is 1.33 bits per heavy atom. The number of amides is 1. The second kappa shape index (κ2) is 5.83. The van der Waals surface area contributed by atoms with Gasteiger partial charge in [-0.15, -0.1) is 0 Å². The number of nitrogens with zero attached hydrogens (tertiary/aromatic N) is 3. The minimum Gasteiger partial charge on any atom is -0.337 e. The van der Waals surface area contributed by atoms with Gasteiger partial charge in [-0.2, -0.15) is 0 Å². The highest BCUT2D eigenvalue weighted by molar-refractivity contribution is 7.99. The Hall–Kier alpha value is -1.30. The van der Waals surface area contributed by atoms with E-state index in [1.807, 2.05) is 4.90 Å². The van der Waals surface area contributed by atoms with Gasteiger partial charge in [0.1, 0.15) is 0 Å². The van der Waals surface area contributed by atoms with E-state index in [1.54, 1.807) is 4.57 Å². The van der Waals surface area contributed by atoms with Gasteiger partial charge in [0.25, 0.3) is 5.56 Å². The number of carbonyl (C=O) groups excluding carboxylic acids is 1. The van der Waals surface area contributed by atoms with Crippen LogP contribution in [0.3, 0.4) is 0 Å². The van der Waals surface area contributed by atoms with Gasteiger partial charge >= 0.3 is 0 Å². The van der Waals surface area contributed by atoms with Gasteiger partial charge in [-0.05, 0) is 33.1 Å². The maximum Gasteiger partial charge on any atom is 0.254 e. The predicted octanol–water partition coefficient (Wildman–Crippen LogP) is 1.75. The molecule has 3 heterocycles. The molecule has 0 bridgehead atoms. The lowest BCUT2D eigenvalue weighted by atomic mass is 9.95. The van der Waals surface area contributed by atoms with Crippen LogP contribution in [0.15, 0.2) is 22.2 Å². The molecule has 1 saturated heterocycles. The number of thioether (sulfide) groups is 1. The minimum atomic E-state index is -0.118. The fraction of sp³-hybridized carbons (Fsp3) is 0.667. The fourth-order valence-corrected chi connectivity index (χ4v) is 4.42. The Kier molecular flexibility index (Phi) is 4.06. The second-order valence-corrected chi connectivity index (χ2v) is 7.05. The van der Waals surface area contributed by atoms with Crippen molar-refractivity contribution in [2.75, 3.05) is 5.75 Å². The molecule has 0 aliphatic carbocycles. The molecular formula is C15H21N3O2S. The highest BCUT2D eigenvalue weighted by Gasteiger charge is 2.35. The van der Waals surface area contributed by atoms with Crippen molar-refractivity contribution in [1.29, 1.82) is 0 Å². The summed E-state index contributed by atoms with van der Waals surface area (Å²) in [5.74, 6) is 0.793. The number of likely N-dealkylation sites (tertiary alicyclic amines) is 1. The number of carbonyl (C=O) groups is 1. The molecule has 3 atom stereocenters. The van der Waals surface area contributed by atoms with Crippen LogP contribution in [0.1, 0.15) is 33.1 Å². The smallest absolute Gasteiger partial charge is 0.254 e. The molecule has 5 nitrogen and oxygen atoms in total. The topological polar surface area (TPSA) is 55.2 Å². The van der Waals surface area contributed by atoms with E-state index in [-0.39, 0.29) is 17.4 Å². The van der Waals surface area contributed by atoms with Crippen molar-refractivity contribution in [3.8, 4) is 0 Å². The Labute approximate surface area is 128 Å². The zero-order valence-electron chi connectivity index (χ0n) is 12.5. The molecule has 1 aromatic heterocycles. The third-order valence-corrected chi connectivity index (χ3v) is 5.67. The number of piperidine rings is 1. The number of fused-ring (bicyclic) bond motifs is 1. The van der Waals surface area contributed by atoms with E-state index >= 15 is 0 Å². The molecule has 2 aliphatic rings. The van der Waals surface area contributed by atoms with Crippen molar-refractivity contribution in [1.82, 2.24) is 14.5 Å². The largest absolute Gasteiger partial charge is 0.337 e. The summed E-state index contributed by atoms with van der Waals surface area (Å²) in [4.78, 5) is 31.1. The number of rotatable bonds is 1. The molecular weight excluding hydrogens is 286 g/mol. The van der Waals surface area contributed by atoms with Crippen LogP contribution >= 0.6 is 11.8 Å². The van der Waals surface area contributed by atoms with Crippen molar-refractivity contribution in [2.45, 2.75) is 56.9 Å². The summed E-state index contributed by atoms with van der Waals surface area (Å²) in [7, 11) is 0. The number of hydrogen-bond donors (Lipinski definition) is 0. The molecule has 21 heavy (non-hydrogen) atoms. The molecule has 6 heteroatoms. The number of aromatic nitrogens is 2. The van der Waals surface area contributed by atoms with Gasteiger partial charge in [0, 0.05) is 36.6 Å². The van der Waals surface area contributed by atoms with Crippen molar-refractivity contribution in [3.63, 3.8) is 0 Å². The van der Waals surface area contributed by atoms with E-state index in [9.17, 15) is 9.59 Å². The Bertz CT molecular complexity index is 591. The van der Waals surface area contributed by atoms with Gasteiger partial charge < -0.3 is 4.90 Å². The van der Waals surface area contributed by atoms with Crippen LogP contribution < -0.4 is 5.56 Å². The normalized spacial score (nSPS) is 29.0. The van der Waals surface area contributed by atoms with Gasteiger partial charge in [-0.1, -0.05) is 11.8 Å². The molecule has 0 saturated carbocycles. The molecule has 0 radical (unpaired) electrons. The minimum absolute atomic E-state index is 0.0651. The van der Waals surface area contributed by atoms with Gasteiger partial charge in [0.15, 0.2) is 5.16 Å². The first-order chi connectivity index (χ1) is 10.1. The van der Waals surface area contributed by atoms with Gasteiger partial charge in [-0.25, -0.2) is 4.98 Å². The molecule has 1 fully saturated rings. The summed E-state index contributed by atoms with van der Waals surface area (Å²) in [6.07, 6.45) is 4.89. The van der Waals surface area contributed by atoms with Crippen molar-refractivity contribution in [2.24, 2.45) is 5.92 Å². The maximum absolute atomic E-state index is 12.9. The predicted molar refractivity (Wildman–Crippen MR) is 82.3 cm³/mol. The Morgan fingerprint density at radius 2 is 2.05 bits per heavy atom. The Balaban J connectivity index is 1.81. The van der Waals surface area contributed by atoms with Gasteiger partial charge in [-0.3, -0.25) is 14.2 Å². The van der Waals surface area contributed by atoms with E-state index in [0.29, 0.717) is 24.4 Å². The monoisotopic (exact) mass is 307 g/mol. The van der Waals surface area contributed by atoms with E-state index < -0.39 is 0 Å². The first kappa shape index (κ1) is 14.6. The van der Waals surface area contributed by atoms with Crippen LogP contribution in [0, 0.1) is 5.92 Å². The third kappa shape index (κ3) is 2.73. The number of hydrogen-bond acceptors (Lipinski definition) is 4. The standard InChI is InChI=1S/C15H21N3O2S/c1-10-4-3-5-11(2)18(10)14(20)12-8-17-13(19)6-7-16-15(17)21-9-12/h6-7,10-12H,3-5,8-9H2,1-2H3. The van der Waals surface area contributed by atoms with Crippen LogP contribution in [0.4, 0.5) is 0 Å². The Morgan fingerprint density at radius 3 is 2.76 bits per heavy atom. The summed E-state index contributed by atoms with van der Waals surface area (Å²) >= 11 is 1.51. The van der Waals surface area contributed by atoms with E-state index in [4.69, 9.17) is 0 Å². The van der Waals surface area contributed by atoms with Crippen molar-refractivity contribution >= 4 is 17.7 Å². The lowest BCUT2D eigenvalue weighted by Crippen LogP contribution is -2.51. The first-order valence-corrected chi connectivity index (χ1v) is 8.57. The quantitative estimate of drug-likeness (QED) is 0.742. The molecule has 1 aromatic rings. The zero-order valence-corrected chi connectivity index (χ0v) is 13.3. The van der Waals surface area contributed by atoms with E-state index in [2.05, 4.69) is 18.8 Å². The lowest BCUT2D eigenvalue weighted by molar-refractivity contribution is -0.141. The SMILES string of the molecule is CC1CCCC(C)N1C(=O)C1CSc2nccc(=O)n2C1. The summed E-state index contributed by atoms with van der Waals surface area (Å²) in [5.41, 5.74) is -0.0651. The maximum atomic E-state index is 12.9. The third-order valence-electron chi connectivity index (χ3n) is 4.51. The van der Waals surface area contributed by atoms with Crippen LogP contribution in [0.25, 0.3) is 0 Å².